The SMILES string of the molecule is COC1(Cl)C=CC(C2=C(c3ccc(S(N)(=O)=O)cc3)CC3(CC3)C2)C(Cl)=C1Cl. The molecule has 150 valence electrons. The third-order valence-corrected chi connectivity index (χ3v) is 8.45. The van der Waals surface area contributed by atoms with E-state index in [9.17, 15) is 8.42 Å². The van der Waals surface area contributed by atoms with Crippen LogP contribution in [0.1, 0.15) is 31.2 Å². The molecule has 3 aliphatic carbocycles. The lowest BCUT2D eigenvalue weighted by molar-refractivity contribution is 0.137. The fourth-order valence-corrected chi connectivity index (χ4v) is 5.47. The van der Waals surface area contributed by atoms with E-state index < -0.39 is 15.1 Å². The Hall–Kier alpha value is -0.820. The number of methoxy groups -OCH3 is 1. The highest BCUT2D eigenvalue weighted by molar-refractivity contribution is 7.89. The van der Waals surface area contributed by atoms with Gasteiger partial charge in [0.05, 0.1) is 9.93 Å². The average Bonchev–Trinajstić information content (AvgIpc) is 3.31. The standard InChI is InChI=1S/C20H20Cl3NO3S/c1-27-20(23)7-6-14(17(21)18(20)22)16-11-19(8-9-19)10-15(16)12-2-4-13(5-3-12)28(24,25)26/h2-7,14H,8-11H2,1H3,(H2,24,25,26). The van der Waals surface area contributed by atoms with Gasteiger partial charge >= 0.3 is 0 Å². The van der Waals surface area contributed by atoms with Crippen molar-refractivity contribution in [2.75, 3.05) is 7.11 Å². The molecule has 2 atom stereocenters. The molecule has 0 saturated heterocycles. The van der Waals surface area contributed by atoms with Crippen LogP contribution in [0.5, 0.6) is 0 Å². The van der Waals surface area contributed by atoms with Gasteiger partial charge in [0.1, 0.15) is 0 Å². The molecule has 1 aromatic carbocycles. The van der Waals surface area contributed by atoms with Crippen LogP contribution >= 0.6 is 34.8 Å². The van der Waals surface area contributed by atoms with Crippen molar-refractivity contribution in [2.24, 2.45) is 16.5 Å². The molecule has 0 aliphatic heterocycles. The summed E-state index contributed by atoms with van der Waals surface area (Å²) in [4.78, 5) is 0.100. The molecule has 2 unspecified atom stereocenters. The summed E-state index contributed by atoms with van der Waals surface area (Å²) in [5, 5.41) is 4.73. The zero-order valence-corrected chi connectivity index (χ0v) is 18.3. The number of benzene rings is 1. The van der Waals surface area contributed by atoms with Crippen LogP contribution in [0.3, 0.4) is 0 Å². The van der Waals surface area contributed by atoms with Crippen molar-refractivity contribution in [2.45, 2.75) is 35.6 Å². The molecular formula is C20H20Cl3NO3S. The first-order chi connectivity index (χ1) is 13.1. The fourth-order valence-electron chi connectivity index (χ4n) is 4.13. The highest BCUT2D eigenvalue weighted by Crippen LogP contribution is 2.64. The molecule has 4 nitrogen and oxygen atoms in total. The maximum Gasteiger partial charge on any atom is 0.238 e. The van der Waals surface area contributed by atoms with Crippen LogP contribution in [0.15, 0.2) is 57.0 Å². The molecule has 1 fully saturated rings. The number of halogens is 3. The monoisotopic (exact) mass is 459 g/mol. The number of primary sulfonamides is 1. The Morgan fingerprint density at radius 1 is 1.14 bits per heavy atom. The number of alkyl halides is 1. The van der Waals surface area contributed by atoms with E-state index in [4.69, 9.17) is 44.7 Å². The second kappa shape index (κ2) is 6.86. The van der Waals surface area contributed by atoms with Gasteiger partial charge in [-0.2, -0.15) is 0 Å². The summed E-state index contributed by atoms with van der Waals surface area (Å²) in [6.07, 6.45) is 7.92. The van der Waals surface area contributed by atoms with Gasteiger partial charge in [-0.25, -0.2) is 13.6 Å². The number of allylic oxidation sites excluding steroid dienone is 4. The average molecular weight is 461 g/mol. The number of ether oxygens (including phenoxy) is 1. The third kappa shape index (κ3) is 3.47. The van der Waals surface area contributed by atoms with E-state index in [0.717, 1.165) is 18.4 Å². The normalized spacial score (nSPS) is 29.1. The molecule has 1 spiro atoms. The predicted octanol–water partition coefficient (Wildman–Crippen LogP) is 5.12. The number of hydrogen-bond acceptors (Lipinski definition) is 3. The Bertz CT molecular complexity index is 1020. The van der Waals surface area contributed by atoms with Gasteiger partial charge in [0.2, 0.25) is 10.0 Å². The second-order valence-corrected chi connectivity index (χ2v) is 10.7. The summed E-state index contributed by atoms with van der Waals surface area (Å²) in [7, 11) is -2.24. The Kier molecular flexibility index (Phi) is 5.01. The van der Waals surface area contributed by atoms with Crippen molar-refractivity contribution in [3.8, 4) is 0 Å². The number of nitrogens with two attached hydrogens (primary N) is 1. The quantitative estimate of drug-likeness (QED) is 0.501. The van der Waals surface area contributed by atoms with Crippen molar-refractivity contribution < 1.29 is 13.2 Å². The molecule has 3 aliphatic rings. The molecule has 1 aromatic rings. The van der Waals surface area contributed by atoms with Crippen LogP contribution < -0.4 is 5.14 Å². The van der Waals surface area contributed by atoms with E-state index in [1.54, 1.807) is 18.2 Å². The van der Waals surface area contributed by atoms with Gasteiger partial charge in [0, 0.05) is 18.1 Å². The molecular weight excluding hydrogens is 441 g/mol. The van der Waals surface area contributed by atoms with E-state index >= 15 is 0 Å². The fraction of sp³-hybridized carbons (Fsp3) is 0.400. The maximum atomic E-state index is 11.6. The van der Waals surface area contributed by atoms with Crippen LogP contribution in [-0.2, 0) is 14.8 Å². The molecule has 2 N–H and O–H groups in total. The first kappa shape index (κ1) is 20.5. The van der Waals surface area contributed by atoms with Crippen LogP contribution in [0.4, 0.5) is 0 Å². The lowest BCUT2D eigenvalue weighted by Gasteiger charge is -2.30. The topological polar surface area (TPSA) is 69.4 Å². The smallest absolute Gasteiger partial charge is 0.238 e. The number of hydrogen-bond donors (Lipinski definition) is 1. The largest absolute Gasteiger partial charge is 0.354 e. The van der Waals surface area contributed by atoms with Crippen molar-refractivity contribution in [1.82, 2.24) is 0 Å². The summed E-state index contributed by atoms with van der Waals surface area (Å²) in [5.41, 5.74) is 3.66. The molecule has 0 bridgehead atoms. The van der Waals surface area contributed by atoms with Gasteiger partial charge in [0.25, 0.3) is 0 Å². The molecule has 4 rings (SSSR count). The highest BCUT2D eigenvalue weighted by Gasteiger charge is 2.50. The first-order valence-corrected chi connectivity index (χ1v) is 11.6. The highest BCUT2D eigenvalue weighted by atomic mass is 35.5. The van der Waals surface area contributed by atoms with Crippen molar-refractivity contribution in [3.05, 3.63) is 57.6 Å². The molecule has 8 heteroatoms. The van der Waals surface area contributed by atoms with Crippen LogP contribution in [0.2, 0.25) is 0 Å². The van der Waals surface area contributed by atoms with Gasteiger partial charge in [-0.15, -0.1) is 0 Å². The summed E-state index contributed by atoms with van der Waals surface area (Å²) in [6.45, 7) is 0. The van der Waals surface area contributed by atoms with Gasteiger partial charge in [0.15, 0.2) is 5.06 Å². The lowest BCUT2D eigenvalue weighted by Crippen LogP contribution is -2.27. The van der Waals surface area contributed by atoms with E-state index in [0.29, 0.717) is 5.03 Å². The Labute approximate surface area is 180 Å². The zero-order chi connectivity index (χ0) is 20.3. The zero-order valence-electron chi connectivity index (χ0n) is 15.2. The molecule has 28 heavy (non-hydrogen) atoms. The minimum atomic E-state index is -3.72. The summed E-state index contributed by atoms with van der Waals surface area (Å²) >= 11 is 19.5. The third-order valence-electron chi connectivity index (χ3n) is 5.95. The van der Waals surface area contributed by atoms with Crippen molar-refractivity contribution >= 4 is 50.4 Å². The summed E-state index contributed by atoms with van der Waals surface area (Å²) in [5.74, 6) is -0.163. The Balaban J connectivity index is 1.76. The maximum absolute atomic E-state index is 11.6. The Morgan fingerprint density at radius 2 is 1.79 bits per heavy atom. The van der Waals surface area contributed by atoms with Gasteiger partial charge in [-0.05, 0) is 60.4 Å². The second-order valence-electron chi connectivity index (χ2n) is 7.77. The van der Waals surface area contributed by atoms with Crippen molar-refractivity contribution in [1.29, 1.82) is 0 Å². The van der Waals surface area contributed by atoms with Gasteiger partial charge in [-0.3, -0.25) is 0 Å². The first-order valence-electron chi connectivity index (χ1n) is 8.93. The molecule has 0 aromatic heterocycles. The Morgan fingerprint density at radius 3 is 2.32 bits per heavy atom. The summed E-state index contributed by atoms with van der Waals surface area (Å²) < 4.78 is 28.4. The van der Waals surface area contributed by atoms with E-state index in [1.165, 1.54) is 31.1 Å². The molecule has 0 radical (unpaired) electrons. The number of sulfonamides is 1. The van der Waals surface area contributed by atoms with E-state index in [1.807, 2.05) is 18.2 Å². The van der Waals surface area contributed by atoms with Crippen molar-refractivity contribution in [3.63, 3.8) is 0 Å². The van der Waals surface area contributed by atoms with Crippen LogP contribution in [-0.4, -0.2) is 20.6 Å². The lowest BCUT2D eigenvalue weighted by atomic mass is 9.88. The van der Waals surface area contributed by atoms with E-state index in [2.05, 4.69) is 0 Å². The minimum Gasteiger partial charge on any atom is -0.354 e. The molecule has 0 heterocycles. The number of rotatable bonds is 4. The molecule has 1 saturated carbocycles. The minimum absolute atomic E-state index is 0.100. The predicted molar refractivity (Wildman–Crippen MR) is 113 cm³/mol. The van der Waals surface area contributed by atoms with Gasteiger partial charge in [-0.1, -0.05) is 58.6 Å². The molecule has 0 amide bonds. The van der Waals surface area contributed by atoms with Crippen LogP contribution in [0, 0.1) is 11.3 Å². The van der Waals surface area contributed by atoms with Crippen LogP contribution in [0.25, 0.3) is 5.57 Å². The summed E-state index contributed by atoms with van der Waals surface area (Å²) in [6, 6.07) is 6.71. The van der Waals surface area contributed by atoms with E-state index in [-0.39, 0.29) is 21.3 Å². The van der Waals surface area contributed by atoms with Gasteiger partial charge < -0.3 is 4.74 Å².